The largest absolute Gasteiger partial charge is 0.308 e. The number of aromatic nitrogens is 1. The molecule has 0 aliphatic heterocycles. The van der Waals surface area contributed by atoms with Gasteiger partial charge in [-0.15, -0.1) is 0 Å². The van der Waals surface area contributed by atoms with E-state index in [1.165, 1.54) is 28.4 Å². The van der Waals surface area contributed by atoms with E-state index in [2.05, 4.69) is 11.1 Å². The van der Waals surface area contributed by atoms with Gasteiger partial charge in [0.15, 0.2) is 5.13 Å². The molecular formula is C20H22N4O3S. The van der Waals surface area contributed by atoms with E-state index in [-0.39, 0.29) is 11.3 Å². The van der Waals surface area contributed by atoms with Crippen LogP contribution < -0.4 is 4.90 Å². The molecule has 3 rings (SSSR count). The molecule has 1 heterocycles. The van der Waals surface area contributed by atoms with Crippen LogP contribution in [-0.2, 0) is 0 Å². The zero-order valence-corrected chi connectivity index (χ0v) is 17.1. The van der Waals surface area contributed by atoms with Crippen LogP contribution in [0.2, 0.25) is 0 Å². The molecule has 2 aromatic carbocycles. The average Bonchev–Trinajstić information content (AvgIpc) is 3.04. The second-order valence-corrected chi connectivity index (χ2v) is 7.94. The summed E-state index contributed by atoms with van der Waals surface area (Å²) in [4.78, 5) is 32.3. The van der Waals surface area contributed by atoms with E-state index in [4.69, 9.17) is 0 Å². The summed E-state index contributed by atoms with van der Waals surface area (Å²) >= 11 is 1.42. The van der Waals surface area contributed by atoms with E-state index < -0.39 is 10.8 Å². The average molecular weight is 398 g/mol. The summed E-state index contributed by atoms with van der Waals surface area (Å²) in [7, 11) is 3.83. The predicted octanol–water partition coefficient (Wildman–Crippen LogP) is 4.03. The molecule has 0 unspecified atom stereocenters. The summed E-state index contributed by atoms with van der Waals surface area (Å²) in [6.07, 6.45) is 0. The van der Waals surface area contributed by atoms with Gasteiger partial charge in [0.05, 0.1) is 15.1 Å². The molecule has 0 spiro atoms. The molecule has 0 N–H and O–H groups in total. The molecule has 0 aliphatic rings. The van der Waals surface area contributed by atoms with Crippen LogP contribution in [0, 0.1) is 24.0 Å². The monoisotopic (exact) mass is 398 g/mol. The van der Waals surface area contributed by atoms with Crippen molar-refractivity contribution in [2.45, 2.75) is 13.8 Å². The third-order valence-corrected chi connectivity index (χ3v) is 5.61. The first-order chi connectivity index (χ1) is 13.3. The highest BCUT2D eigenvalue weighted by molar-refractivity contribution is 7.22. The second-order valence-electron chi connectivity index (χ2n) is 6.93. The summed E-state index contributed by atoms with van der Waals surface area (Å²) in [5.41, 5.74) is 2.99. The van der Waals surface area contributed by atoms with Crippen LogP contribution in [0.5, 0.6) is 0 Å². The maximum Gasteiger partial charge on any atom is 0.282 e. The Bertz CT molecular complexity index is 1010. The molecule has 0 aliphatic carbocycles. The third kappa shape index (κ3) is 4.02. The quantitative estimate of drug-likeness (QED) is 0.463. The molecule has 1 amide bonds. The summed E-state index contributed by atoms with van der Waals surface area (Å²) < 4.78 is 0.989. The topological polar surface area (TPSA) is 79.6 Å². The number of fused-ring (bicyclic) bond motifs is 1. The summed E-state index contributed by atoms with van der Waals surface area (Å²) in [5, 5.41) is 11.9. The Hall–Kier alpha value is -2.84. The van der Waals surface area contributed by atoms with Crippen molar-refractivity contribution in [2.75, 3.05) is 32.1 Å². The minimum absolute atomic E-state index is 0.0675. The van der Waals surface area contributed by atoms with E-state index in [1.54, 1.807) is 12.1 Å². The number of thiazole rings is 1. The van der Waals surface area contributed by atoms with Crippen molar-refractivity contribution in [3.63, 3.8) is 0 Å². The first-order valence-electron chi connectivity index (χ1n) is 8.85. The Balaban J connectivity index is 2.07. The molecule has 0 atom stereocenters. The zero-order valence-electron chi connectivity index (χ0n) is 16.3. The van der Waals surface area contributed by atoms with E-state index >= 15 is 0 Å². The molecular weight excluding hydrogens is 376 g/mol. The molecule has 0 saturated heterocycles. The number of aryl methyl sites for hydroxylation is 2. The van der Waals surface area contributed by atoms with Crippen LogP contribution in [-0.4, -0.2) is 47.9 Å². The SMILES string of the molecule is Cc1cc2nc(N(CCN(C)C)C(=O)c3ccccc3[N+](=O)[O-])sc2cc1C. The highest BCUT2D eigenvalue weighted by Gasteiger charge is 2.27. The van der Waals surface area contributed by atoms with Crippen LogP contribution in [0.25, 0.3) is 10.2 Å². The van der Waals surface area contributed by atoms with Crippen LogP contribution in [0.4, 0.5) is 10.8 Å². The van der Waals surface area contributed by atoms with E-state index in [9.17, 15) is 14.9 Å². The van der Waals surface area contributed by atoms with Gasteiger partial charge in [0.1, 0.15) is 5.56 Å². The molecule has 0 fully saturated rings. The first-order valence-corrected chi connectivity index (χ1v) is 9.67. The van der Waals surface area contributed by atoms with Crippen molar-refractivity contribution < 1.29 is 9.72 Å². The van der Waals surface area contributed by atoms with Gasteiger partial charge in [0.25, 0.3) is 11.6 Å². The standard InChI is InChI=1S/C20H22N4O3S/c1-13-11-16-18(12-14(13)2)28-20(21-16)23(10-9-22(3)4)19(25)15-7-5-6-8-17(15)24(26)27/h5-8,11-12H,9-10H2,1-4H3. The number of anilines is 1. The minimum atomic E-state index is -0.525. The van der Waals surface area contributed by atoms with Gasteiger partial charge in [0, 0.05) is 19.2 Å². The molecule has 0 bridgehead atoms. The number of carbonyl (C=O) groups is 1. The fraction of sp³-hybridized carbons (Fsp3) is 0.300. The number of carbonyl (C=O) groups excluding carboxylic acids is 1. The van der Waals surface area contributed by atoms with Gasteiger partial charge in [-0.25, -0.2) is 4.98 Å². The summed E-state index contributed by atoms with van der Waals surface area (Å²) in [6.45, 7) is 5.06. The minimum Gasteiger partial charge on any atom is -0.308 e. The molecule has 28 heavy (non-hydrogen) atoms. The summed E-state index contributed by atoms with van der Waals surface area (Å²) in [5.74, 6) is -0.415. The van der Waals surface area contributed by atoms with Gasteiger partial charge in [-0.3, -0.25) is 19.8 Å². The van der Waals surface area contributed by atoms with Crippen molar-refractivity contribution in [1.82, 2.24) is 9.88 Å². The Morgan fingerprint density at radius 3 is 2.50 bits per heavy atom. The number of hydrogen-bond donors (Lipinski definition) is 0. The van der Waals surface area contributed by atoms with Gasteiger partial charge in [-0.1, -0.05) is 23.5 Å². The molecule has 0 radical (unpaired) electrons. The number of rotatable bonds is 6. The van der Waals surface area contributed by atoms with Crippen molar-refractivity contribution in [1.29, 1.82) is 0 Å². The molecule has 0 saturated carbocycles. The fourth-order valence-electron chi connectivity index (χ4n) is 2.83. The highest BCUT2D eigenvalue weighted by atomic mass is 32.1. The number of nitro benzene ring substituents is 1. The van der Waals surface area contributed by atoms with Crippen LogP contribution in [0.1, 0.15) is 21.5 Å². The number of para-hydroxylation sites is 1. The second kappa shape index (κ2) is 8.04. The number of likely N-dealkylation sites (N-methyl/N-ethyl adjacent to an activating group) is 1. The van der Waals surface area contributed by atoms with E-state index in [1.807, 2.05) is 38.9 Å². The molecule has 1 aromatic heterocycles. The lowest BCUT2D eigenvalue weighted by molar-refractivity contribution is -0.385. The number of benzene rings is 2. The van der Waals surface area contributed by atoms with Crippen LogP contribution in [0.3, 0.4) is 0 Å². The molecule has 3 aromatic rings. The lowest BCUT2D eigenvalue weighted by Crippen LogP contribution is -2.37. The number of amides is 1. The number of hydrogen-bond acceptors (Lipinski definition) is 6. The van der Waals surface area contributed by atoms with Gasteiger partial charge in [0.2, 0.25) is 0 Å². The zero-order chi connectivity index (χ0) is 20.4. The van der Waals surface area contributed by atoms with Crippen molar-refractivity contribution in [3.05, 3.63) is 63.2 Å². The van der Waals surface area contributed by atoms with Gasteiger partial charge >= 0.3 is 0 Å². The van der Waals surface area contributed by atoms with Crippen LogP contribution in [0.15, 0.2) is 36.4 Å². The van der Waals surface area contributed by atoms with Crippen molar-refractivity contribution in [2.24, 2.45) is 0 Å². The third-order valence-electron chi connectivity index (χ3n) is 4.57. The highest BCUT2D eigenvalue weighted by Crippen LogP contribution is 2.32. The summed E-state index contributed by atoms with van der Waals surface area (Å²) in [6, 6.07) is 10.1. The Labute approximate surface area is 167 Å². The lowest BCUT2D eigenvalue weighted by Gasteiger charge is -2.21. The van der Waals surface area contributed by atoms with Gasteiger partial charge in [-0.05, 0) is 57.3 Å². The maximum absolute atomic E-state index is 13.3. The van der Waals surface area contributed by atoms with Crippen molar-refractivity contribution in [3.8, 4) is 0 Å². The Morgan fingerprint density at radius 1 is 1.14 bits per heavy atom. The maximum atomic E-state index is 13.3. The molecule has 8 heteroatoms. The smallest absolute Gasteiger partial charge is 0.282 e. The normalized spacial score (nSPS) is 11.2. The Morgan fingerprint density at radius 2 is 1.82 bits per heavy atom. The fourth-order valence-corrected chi connectivity index (χ4v) is 3.90. The Kier molecular flexibility index (Phi) is 5.71. The van der Waals surface area contributed by atoms with E-state index in [0.29, 0.717) is 18.2 Å². The number of nitro groups is 1. The van der Waals surface area contributed by atoms with Crippen LogP contribution >= 0.6 is 11.3 Å². The van der Waals surface area contributed by atoms with E-state index in [0.717, 1.165) is 21.3 Å². The predicted molar refractivity (Wildman–Crippen MR) is 112 cm³/mol. The van der Waals surface area contributed by atoms with Gasteiger partial charge in [-0.2, -0.15) is 0 Å². The molecule has 146 valence electrons. The lowest BCUT2D eigenvalue weighted by atomic mass is 10.1. The van der Waals surface area contributed by atoms with Gasteiger partial charge < -0.3 is 4.90 Å². The van der Waals surface area contributed by atoms with Crippen molar-refractivity contribution >= 4 is 38.3 Å². The first kappa shape index (κ1) is 19.9. The number of nitrogens with zero attached hydrogens (tertiary/aromatic N) is 4. The molecule has 7 nitrogen and oxygen atoms in total.